The topological polar surface area (TPSA) is 55.6 Å². The van der Waals surface area contributed by atoms with Crippen molar-refractivity contribution in [1.82, 2.24) is 4.90 Å². The molecule has 1 aliphatic heterocycles. The molecule has 166 valence electrons. The summed E-state index contributed by atoms with van der Waals surface area (Å²) in [5, 5.41) is 0.540. The second kappa shape index (κ2) is 8.56. The van der Waals surface area contributed by atoms with E-state index in [1.165, 1.54) is 24.3 Å². The maximum atomic E-state index is 12.9. The number of hydrogen-bond donors (Lipinski definition) is 1. The van der Waals surface area contributed by atoms with Gasteiger partial charge in [-0.05, 0) is 60.0 Å². The van der Waals surface area contributed by atoms with E-state index < -0.39 is 11.7 Å². The third-order valence-corrected chi connectivity index (χ3v) is 5.70. The number of fused-ring (bicyclic) bond motifs is 1. The molecule has 1 aliphatic rings. The molecule has 4 nitrogen and oxygen atoms in total. The van der Waals surface area contributed by atoms with E-state index in [1.807, 2.05) is 0 Å². The molecule has 0 unspecified atom stereocenters. The van der Waals surface area contributed by atoms with Crippen molar-refractivity contribution < 1.29 is 22.7 Å². The molecule has 0 aliphatic carbocycles. The Morgan fingerprint density at radius 3 is 2.28 bits per heavy atom. The monoisotopic (exact) mass is 480 g/mol. The van der Waals surface area contributed by atoms with Crippen LogP contribution in [-0.4, -0.2) is 17.4 Å². The van der Waals surface area contributed by atoms with E-state index in [0.717, 1.165) is 17.7 Å². The number of rotatable bonds is 4. The van der Waals surface area contributed by atoms with Gasteiger partial charge in [0.15, 0.2) is 5.75 Å². The predicted molar refractivity (Wildman–Crippen MR) is 117 cm³/mol. The maximum Gasteiger partial charge on any atom is 0.416 e. The predicted octanol–water partition coefficient (Wildman–Crippen LogP) is 6.59. The van der Waals surface area contributed by atoms with Crippen molar-refractivity contribution in [2.24, 2.45) is 0 Å². The molecule has 1 amide bonds. The van der Waals surface area contributed by atoms with Crippen LogP contribution < -0.4 is 10.5 Å². The second-order valence-corrected chi connectivity index (χ2v) is 8.22. The van der Waals surface area contributed by atoms with Crippen LogP contribution >= 0.6 is 23.2 Å². The number of carbonyl (C=O) groups excluding carboxylic acids is 1. The van der Waals surface area contributed by atoms with E-state index in [4.69, 9.17) is 33.7 Å². The quantitative estimate of drug-likeness (QED) is 0.428. The van der Waals surface area contributed by atoms with Crippen molar-refractivity contribution in [3.05, 3.63) is 86.9 Å². The lowest BCUT2D eigenvalue weighted by molar-refractivity contribution is -0.137. The zero-order valence-electron chi connectivity index (χ0n) is 16.5. The SMILES string of the molecule is Nc1cc(Cl)c(Oc2ccc3c(c2)CCN(Cc2ccc(C(F)(F)F)cc2)C3=O)c(Cl)c1. The molecule has 0 fully saturated rings. The van der Waals surface area contributed by atoms with Crippen LogP contribution in [0.4, 0.5) is 18.9 Å². The molecule has 32 heavy (non-hydrogen) atoms. The summed E-state index contributed by atoms with van der Waals surface area (Å²) >= 11 is 12.3. The largest absolute Gasteiger partial charge is 0.454 e. The smallest absolute Gasteiger partial charge is 0.416 e. The Bertz CT molecular complexity index is 1160. The summed E-state index contributed by atoms with van der Waals surface area (Å²) in [7, 11) is 0. The van der Waals surface area contributed by atoms with Crippen molar-refractivity contribution >= 4 is 34.8 Å². The molecule has 1 heterocycles. The molecule has 3 aromatic rings. The van der Waals surface area contributed by atoms with Crippen molar-refractivity contribution in [3.8, 4) is 11.5 Å². The number of ether oxygens (including phenoxy) is 1. The fraction of sp³-hybridized carbons (Fsp3) is 0.174. The number of benzene rings is 3. The third kappa shape index (κ3) is 4.64. The first kappa shape index (κ1) is 22.3. The van der Waals surface area contributed by atoms with Gasteiger partial charge in [0.2, 0.25) is 0 Å². The van der Waals surface area contributed by atoms with Gasteiger partial charge >= 0.3 is 6.18 Å². The molecule has 4 rings (SSSR count). The van der Waals surface area contributed by atoms with Crippen LogP contribution in [0.3, 0.4) is 0 Å². The molecule has 0 radical (unpaired) electrons. The number of nitrogens with zero attached hydrogens (tertiary/aromatic N) is 1. The third-order valence-electron chi connectivity index (χ3n) is 5.14. The highest BCUT2D eigenvalue weighted by atomic mass is 35.5. The Kier molecular flexibility index (Phi) is 5.97. The summed E-state index contributed by atoms with van der Waals surface area (Å²) in [6, 6.07) is 12.9. The highest BCUT2D eigenvalue weighted by Gasteiger charge is 2.30. The van der Waals surface area contributed by atoms with Crippen LogP contribution in [0.15, 0.2) is 54.6 Å². The number of anilines is 1. The van der Waals surface area contributed by atoms with Gasteiger partial charge in [0.05, 0.1) is 15.6 Å². The van der Waals surface area contributed by atoms with E-state index in [0.29, 0.717) is 35.5 Å². The standard InChI is InChI=1S/C23H17Cl2F3N2O2/c24-19-10-16(29)11-20(25)21(19)32-17-5-6-18-14(9-17)7-8-30(22(18)31)12-13-1-3-15(4-2-13)23(26,27)28/h1-6,9-11H,7-8,12,29H2. The lowest BCUT2D eigenvalue weighted by Crippen LogP contribution is -2.37. The first-order valence-corrected chi connectivity index (χ1v) is 10.4. The summed E-state index contributed by atoms with van der Waals surface area (Å²) in [5.41, 5.74) is 7.35. The number of nitrogens with two attached hydrogens (primary N) is 1. The number of hydrogen-bond acceptors (Lipinski definition) is 3. The van der Waals surface area contributed by atoms with Crippen LogP contribution in [0.1, 0.15) is 27.0 Å². The Hall–Kier alpha value is -2.90. The normalized spacial score (nSPS) is 13.8. The number of carbonyl (C=O) groups is 1. The van der Waals surface area contributed by atoms with Crippen LogP contribution in [0, 0.1) is 0 Å². The highest BCUT2D eigenvalue weighted by Crippen LogP contribution is 2.39. The fourth-order valence-corrected chi connectivity index (χ4v) is 4.12. The molecule has 0 aromatic heterocycles. The van der Waals surface area contributed by atoms with Crippen molar-refractivity contribution in [3.63, 3.8) is 0 Å². The minimum Gasteiger partial charge on any atom is -0.454 e. The molecule has 0 bridgehead atoms. The van der Waals surface area contributed by atoms with E-state index in [-0.39, 0.29) is 28.2 Å². The molecular weight excluding hydrogens is 464 g/mol. The zero-order valence-corrected chi connectivity index (χ0v) is 18.1. The Morgan fingerprint density at radius 2 is 1.66 bits per heavy atom. The molecule has 2 N–H and O–H groups in total. The van der Waals surface area contributed by atoms with Crippen LogP contribution in [0.2, 0.25) is 10.0 Å². The summed E-state index contributed by atoms with van der Waals surface area (Å²) in [6.07, 6.45) is -3.82. The minimum absolute atomic E-state index is 0.193. The number of halogens is 5. The molecule has 0 spiro atoms. The van der Waals surface area contributed by atoms with Gasteiger partial charge in [-0.2, -0.15) is 13.2 Å². The number of nitrogen functional groups attached to an aromatic ring is 1. The van der Waals surface area contributed by atoms with Gasteiger partial charge in [-0.1, -0.05) is 35.3 Å². The van der Waals surface area contributed by atoms with Crippen molar-refractivity contribution in [2.45, 2.75) is 19.1 Å². The van der Waals surface area contributed by atoms with E-state index in [9.17, 15) is 18.0 Å². The summed E-state index contributed by atoms with van der Waals surface area (Å²) < 4.78 is 44.0. The Labute approximate surface area is 192 Å². The number of alkyl halides is 3. The van der Waals surface area contributed by atoms with E-state index >= 15 is 0 Å². The lowest BCUT2D eigenvalue weighted by atomic mass is 9.98. The van der Waals surface area contributed by atoms with Gasteiger partial charge in [0.1, 0.15) is 5.75 Å². The molecule has 3 aromatic carbocycles. The average molecular weight is 481 g/mol. The van der Waals surface area contributed by atoms with E-state index in [2.05, 4.69) is 0 Å². The van der Waals surface area contributed by atoms with Crippen LogP contribution in [-0.2, 0) is 19.1 Å². The first-order valence-electron chi connectivity index (χ1n) is 9.62. The zero-order chi connectivity index (χ0) is 23.0. The minimum atomic E-state index is -4.39. The van der Waals surface area contributed by atoms with Gasteiger partial charge in [-0.15, -0.1) is 0 Å². The summed E-state index contributed by atoms with van der Waals surface area (Å²) in [6.45, 7) is 0.658. The lowest BCUT2D eigenvalue weighted by Gasteiger charge is -2.29. The number of amides is 1. The highest BCUT2D eigenvalue weighted by molar-refractivity contribution is 6.37. The van der Waals surface area contributed by atoms with Gasteiger partial charge in [0.25, 0.3) is 5.91 Å². The average Bonchev–Trinajstić information content (AvgIpc) is 2.72. The molecule has 0 saturated heterocycles. The Morgan fingerprint density at radius 1 is 1.00 bits per heavy atom. The molecule has 9 heteroatoms. The van der Waals surface area contributed by atoms with Crippen LogP contribution in [0.25, 0.3) is 0 Å². The maximum absolute atomic E-state index is 12.9. The van der Waals surface area contributed by atoms with Crippen molar-refractivity contribution in [1.29, 1.82) is 0 Å². The molecule has 0 saturated carbocycles. The second-order valence-electron chi connectivity index (χ2n) is 7.41. The van der Waals surface area contributed by atoms with Crippen LogP contribution in [0.5, 0.6) is 11.5 Å². The first-order chi connectivity index (χ1) is 15.1. The fourth-order valence-electron chi connectivity index (χ4n) is 3.54. The Balaban J connectivity index is 1.50. The van der Waals surface area contributed by atoms with Gasteiger partial charge in [-0.25, -0.2) is 0 Å². The van der Waals surface area contributed by atoms with Gasteiger partial charge < -0.3 is 15.4 Å². The molecular formula is C23H17Cl2F3N2O2. The summed E-state index contributed by atoms with van der Waals surface area (Å²) in [5.74, 6) is 0.552. The summed E-state index contributed by atoms with van der Waals surface area (Å²) in [4.78, 5) is 14.5. The van der Waals surface area contributed by atoms with Gasteiger partial charge in [-0.3, -0.25) is 4.79 Å². The van der Waals surface area contributed by atoms with Gasteiger partial charge in [0, 0.05) is 24.3 Å². The molecule has 0 atom stereocenters. The van der Waals surface area contributed by atoms with E-state index in [1.54, 1.807) is 23.1 Å². The van der Waals surface area contributed by atoms with Crippen molar-refractivity contribution in [2.75, 3.05) is 12.3 Å².